The molecule has 0 amide bonds. The van der Waals surface area contributed by atoms with Crippen LogP contribution in [0.5, 0.6) is 17.2 Å². The Balaban J connectivity index is 2.11. The number of phenolic OH excluding ortho intramolecular Hbond substituents is 3. The van der Waals surface area contributed by atoms with Crippen LogP contribution in [0, 0.1) is 0 Å². The highest BCUT2D eigenvalue weighted by Gasteiger charge is 2.06. The minimum Gasteiger partial charge on any atom is -0.506 e. The molecule has 0 radical (unpaired) electrons. The van der Waals surface area contributed by atoms with E-state index in [1.165, 1.54) is 12.1 Å². The van der Waals surface area contributed by atoms with Gasteiger partial charge in [0.15, 0.2) is 11.5 Å². The summed E-state index contributed by atoms with van der Waals surface area (Å²) >= 11 is 5.77. The molecule has 0 bridgehead atoms. The SMILES string of the molecule is Oc1ccc(NCc2cccc(O)c2O)cc1Cl. The van der Waals surface area contributed by atoms with Gasteiger partial charge in [-0.05, 0) is 24.3 Å². The van der Waals surface area contributed by atoms with E-state index in [0.29, 0.717) is 17.8 Å². The second-order valence-electron chi connectivity index (χ2n) is 3.80. The van der Waals surface area contributed by atoms with E-state index in [1.807, 2.05) is 0 Å². The average molecular weight is 266 g/mol. The molecule has 0 atom stereocenters. The smallest absolute Gasteiger partial charge is 0.162 e. The van der Waals surface area contributed by atoms with Gasteiger partial charge in [0.25, 0.3) is 0 Å². The maximum atomic E-state index is 9.62. The summed E-state index contributed by atoms with van der Waals surface area (Å²) in [6.07, 6.45) is 0. The van der Waals surface area contributed by atoms with Crippen LogP contribution in [0.25, 0.3) is 0 Å². The lowest BCUT2D eigenvalue weighted by molar-refractivity contribution is 0.400. The molecule has 2 rings (SSSR count). The third-order valence-corrected chi connectivity index (χ3v) is 2.83. The molecule has 0 heterocycles. The number of halogens is 1. The van der Waals surface area contributed by atoms with Gasteiger partial charge in [-0.3, -0.25) is 0 Å². The van der Waals surface area contributed by atoms with E-state index in [1.54, 1.807) is 24.3 Å². The lowest BCUT2D eigenvalue weighted by atomic mass is 10.2. The van der Waals surface area contributed by atoms with Crippen LogP contribution in [-0.4, -0.2) is 15.3 Å². The highest BCUT2D eigenvalue weighted by atomic mass is 35.5. The molecule has 0 aromatic heterocycles. The summed E-state index contributed by atoms with van der Waals surface area (Å²) in [5.74, 6) is -0.282. The number of nitrogens with one attached hydrogen (secondary N) is 1. The molecule has 0 aliphatic carbocycles. The predicted octanol–water partition coefficient (Wildman–Crippen LogP) is 3.07. The molecule has 18 heavy (non-hydrogen) atoms. The lowest BCUT2D eigenvalue weighted by Gasteiger charge is -2.09. The first kappa shape index (κ1) is 12.4. The molecule has 0 aliphatic heterocycles. The van der Waals surface area contributed by atoms with Gasteiger partial charge in [0, 0.05) is 17.8 Å². The third kappa shape index (κ3) is 2.60. The second kappa shape index (κ2) is 5.06. The average Bonchev–Trinajstić information content (AvgIpc) is 2.35. The molecule has 4 N–H and O–H groups in total. The van der Waals surface area contributed by atoms with Crippen molar-refractivity contribution in [1.29, 1.82) is 0 Å². The number of hydrogen-bond donors (Lipinski definition) is 4. The van der Waals surface area contributed by atoms with Crippen molar-refractivity contribution in [2.24, 2.45) is 0 Å². The maximum Gasteiger partial charge on any atom is 0.162 e. The standard InChI is InChI=1S/C13H12ClNO3/c14-10-6-9(4-5-11(10)16)15-7-8-2-1-3-12(17)13(8)18/h1-6,15-18H,7H2. The van der Waals surface area contributed by atoms with Gasteiger partial charge in [0.2, 0.25) is 0 Å². The fourth-order valence-corrected chi connectivity index (χ4v) is 1.72. The highest BCUT2D eigenvalue weighted by Crippen LogP contribution is 2.30. The van der Waals surface area contributed by atoms with Crippen LogP contribution < -0.4 is 5.32 Å². The molecule has 0 aliphatic rings. The number of rotatable bonds is 3. The third-order valence-electron chi connectivity index (χ3n) is 2.53. The number of benzene rings is 2. The Labute approximate surface area is 109 Å². The summed E-state index contributed by atoms with van der Waals surface area (Å²) in [5, 5.41) is 31.5. The molecule has 94 valence electrons. The van der Waals surface area contributed by atoms with Gasteiger partial charge in [-0.15, -0.1) is 0 Å². The van der Waals surface area contributed by atoms with Crippen molar-refractivity contribution in [1.82, 2.24) is 0 Å². The Morgan fingerprint density at radius 3 is 2.50 bits per heavy atom. The van der Waals surface area contributed by atoms with Crippen LogP contribution in [0.2, 0.25) is 5.02 Å². The van der Waals surface area contributed by atoms with Gasteiger partial charge in [-0.25, -0.2) is 0 Å². The summed E-state index contributed by atoms with van der Waals surface area (Å²) in [6, 6.07) is 9.49. The molecule has 4 nitrogen and oxygen atoms in total. The Morgan fingerprint density at radius 1 is 1.00 bits per heavy atom. The fourth-order valence-electron chi connectivity index (χ4n) is 1.53. The van der Waals surface area contributed by atoms with E-state index in [9.17, 15) is 15.3 Å². The summed E-state index contributed by atoms with van der Waals surface area (Å²) in [6.45, 7) is 0.335. The Hall–Kier alpha value is -2.07. The first-order chi connectivity index (χ1) is 8.58. The quantitative estimate of drug-likeness (QED) is 0.508. The van der Waals surface area contributed by atoms with Crippen LogP contribution >= 0.6 is 11.6 Å². The molecular weight excluding hydrogens is 254 g/mol. The summed E-state index contributed by atoms with van der Waals surface area (Å²) in [5.41, 5.74) is 1.28. The summed E-state index contributed by atoms with van der Waals surface area (Å²) in [4.78, 5) is 0. The lowest BCUT2D eigenvalue weighted by Crippen LogP contribution is -1.99. The van der Waals surface area contributed by atoms with Crippen LogP contribution in [-0.2, 0) is 6.54 Å². The van der Waals surface area contributed by atoms with Crippen molar-refractivity contribution in [3.8, 4) is 17.2 Å². The minimum atomic E-state index is -0.155. The number of para-hydroxylation sites is 1. The number of aromatic hydroxyl groups is 3. The van der Waals surface area contributed by atoms with Crippen LogP contribution in [0.3, 0.4) is 0 Å². The van der Waals surface area contributed by atoms with Crippen molar-refractivity contribution in [2.45, 2.75) is 6.54 Å². The van der Waals surface area contributed by atoms with E-state index < -0.39 is 0 Å². The van der Waals surface area contributed by atoms with E-state index in [2.05, 4.69) is 5.32 Å². The van der Waals surface area contributed by atoms with E-state index in [-0.39, 0.29) is 22.3 Å². The van der Waals surface area contributed by atoms with Crippen molar-refractivity contribution in [3.05, 3.63) is 47.0 Å². The van der Waals surface area contributed by atoms with E-state index in [0.717, 1.165) is 0 Å². The first-order valence-electron chi connectivity index (χ1n) is 5.30. The Morgan fingerprint density at radius 2 is 1.78 bits per heavy atom. The van der Waals surface area contributed by atoms with Crippen molar-refractivity contribution >= 4 is 17.3 Å². The molecule has 0 fully saturated rings. The number of phenols is 3. The van der Waals surface area contributed by atoms with E-state index >= 15 is 0 Å². The first-order valence-corrected chi connectivity index (χ1v) is 5.68. The highest BCUT2D eigenvalue weighted by molar-refractivity contribution is 6.32. The Kier molecular flexibility index (Phi) is 3.48. The Bertz CT molecular complexity index is 572. The molecule has 0 unspecified atom stereocenters. The van der Waals surface area contributed by atoms with Gasteiger partial charge in [0.05, 0.1) is 5.02 Å². The van der Waals surface area contributed by atoms with Crippen LogP contribution in [0.1, 0.15) is 5.56 Å². The molecule has 2 aromatic rings. The fraction of sp³-hybridized carbons (Fsp3) is 0.0769. The number of anilines is 1. The van der Waals surface area contributed by atoms with Crippen molar-refractivity contribution in [2.75, 3.05) is 5.32 Å². The number of hydrogen-bond acceptors (Lipinski definition) is 4. The van der Waals surface area contributed by atoms with Crippen LogP contribution in [0.4, 0.5) is 5.69 Å². The second-order valence-corrected chi connectivity index (χ2v) is 4.21. The largest absolute Gasteiger partial charge is 0.506 e. The van der Waals surface area contributed by atoms with Gasteiger partial charge in [-0.2, -0.15) is 0 Å². The van der Waals surface area contributed by atoms with Crippen LogP contribution in [0.15, 0.2) is 36.4 Å². The van der Waals surface area contributed by atoms with E-state index in [4.69, 9.17) is 11.6 Å². The molecule has 0 spiro atoms. The summed E-state index contributed by atoms with van der Waals surface area (Å²) < 4.78 is 0. The van der Waals surface area contributed by atoms with Gasteiger partial charge < -0.3 is 20.6 Å². The van der Waals surface area contributed by atoms with Gasteiger partial charge in [0.1, 0.15) is 5.75 Å². The van der Waals surface area contributed by atoms with Gasteiger partial charge >= 0.3 is 0 Å². The molecule has 0 saturated heterocycles. The zero-order valence-electron chi connectivity index (χ0n) is 9.39. The summed E-state index contributed by atoms with van der Waals surface area (Å²) in [7, 11) is 0. The molecule has 5 heteroatoms. The monoisotopic (exact) mass is 265 g/mol. The molecular formula is C13H12ClNO3. The predicted molar refractivity (Wildman–Crippen MR) is 70.2 cm³/mol. The zero-order chi connectivity index (χ0) is 13.1. The molecule has 2 aromatic carbocycles. The topological polar surface area (TPSA) is 72.7 Å². The maximum absolute atomic E-state index is 9.62. The molecule has 0 saturated carbocycles. The van der Waals surface area contributed by atoms with Gasteiger partial charge in [-0.1, -0.05) is 23.7 Å². The zero-order valence-corrected chi connectivity index (χ0v) is 10.1. The minimum absolute atomic E-state index is 0.0161. The van der Waals surface area contributed by atoms with Crippen molar-refractivity contribution < 1.29 is 15.3 Å². The van der Waals surface area contributed by atoms with Crippen molar-refractivity contribution in [3.63, 3.8) is 0 Å². The normalized spacial score (nSPS) is 10.3.